The summed E-state index contributed by atoms with van der Waals surface area (Å²) in [6, 6.07) is 10.1. The van der Waals surface area contributed by atoms with Crippen LogP contribution in [0.2, 0.25) is 0 Å². The fourth-order valence-electron chi connectivity index (χ4n) is 2.70. The van der Waals surface area contributed by atoms with E-state index in [1.54, 1.807) is 24.3 Å². The molecule has 0 bridgehead atoms. The highest BCUT2D eigenvalue weighted by Crippen LogP contribution is 2.38. The molecule has 3 aromatic rings. The number of aromatic nitrogens is 1. The van der Waals surface area contributed by atoms with Gasteiger partial charge in [0.25, 0.3) is 26.1 Å². The summed E-state index contributed by atoms with van der Waals surface area (Å²) in [6.45, 7) is 0.108. The molecule has 39 heavy (non-hydrogen) atoms. The minimum Gasteiger partial charge on any atom is -0.487 e. The van der Waals surface area contributed by atoms with Gasteiger partial charge in [0.2, 0.25) is 0 Å². The molecule has 2 aromatic carbocycles. The maximum atomic E-state index is 13.4. The van der Waals surface area contributed by atoms with E-state index in [0.29, 0.717) is 18.2 Å². The van der Waals surface area contributed by atoms with E-state index in [9.17, 15) is 34.8 Å². The minimum absolute atomic E-state index is 0.0485. The Morgan fingerprint density at radius 1 is 1.05 bits per heavy atom. The van der Waals surface area contributed by atoms with Crippen molar-refractivity contribution in [3.63, 3.8) is 0 Å². The van der Waals surface area contributed by atoms with Gasteiger partial charge in [0.05, 0.1) is 23.6 Å². The molecule has 216 valence electrons. The van der Waals surface area contributed by atoms with Crippen molar-refractivity contribution in [1.29, 1.82) is 0 Å². The molecule has 0 saturated carbocycles. The van der Waals surface area contributed by atoms with Crippen molar-refractivity contribution >= 4 is 48.7 Å². The van der Waals surface area contributed by atoms with Crippen molar-refractivity contribution in [1.82, 2.24) is 10.3 Å². The first kappa shape index (κ1) is 33.2. The van der Waals surface area contributed by atoms with Gasteiger partial charge in [-0.1, -0.05) is 12.1 Å². The fraction of sp³-hybridized carbons (Fsp3) is 0.238. The van der Waals surface area contributed by atoms with Crippen molar-refractivity contribution < 1.29 is 48.6 Å². The number of ether oxygens (including phenoxy) is 1. The molecule has 0 aliphatic heterocycles. The standard InChI is InChI=1S/C19H18F3N5O2.2CH4O3S/c1-25-18(24)27-17(28)14-8-12-13(19(20,21)22)6-7-15(16(12)26-14)29-9-10-2-4-11(23)5-3-10;2*1-5(2,3)4/h2-8,26H,9,23H2,1H3,(H3,24,25,27,28);2*1H3,(H,2,3,4). The zero-order valence-corrected chi connectivity index (χ0v) is 22.3. The van der Waals surface area contributed by atoms with Crippen LogP contribution in [-0.4, -0.2) is 62.4 Å². The lowest BCUT2D eigenvalue weighted by Gasteiger charge is -2.12. The van der Waals surface area contributed by atoms with Gasteiger partial charge >= 0.3 is 6.18 Å². The van der Waals surface area contributed by atoms with E-state index in [-0.39, 0.29) is 34.9 Å². The van der Waals surface area contributed by atoms with Crippen LogP contribution in [-0.2, 0) is 33.0 Å². The Labute approximate surface area is 221 Å². The number of aliphatic imine (C=N–C) groups is 1. The Morgan fingerprint density at radius 3 is 2.03 bits per heavy atom. The molecule has 3 rings (SSSR count). The zero-order valence-electron chi connectivity index (χ0n) is 20.6. The number of anilines is 1. The number of guanidine groups is 1. The molecule has 0 atom stereocenters. The molecule has 0 spiro atoms. The third-order valence-electron chi connectivity index (χ3n) is 4.16. The quantitative estimate of drug-likeness (QED) is 0.111. The van der Waals surface area contributed by atoms with E-state index in [1.165, 1.54) is 13.1 Å². The van der Waals surface area contributed by atoms with E-state index >= 15 is 0 Å². The topological polar surface area (TPSA) is 227 Å². The number of H-pyrrole nitrogens is 1. The maximum Gasteiger partial charge on any atom is 0.417 e. The minimum atomic E-state index is -4.60. The number of nitrogen functional groups attached to an aromatic ring is 1. The number of rotatable bonds is 4. The number of hydrogen-bond donors (Lipinski definition) is 6. The highest BCUT2D eigenvalue weighted by Gasteiger charge is 2.34. The van der Waals surface area contributed by atoms with Crippen LogP contribution in [0, 0.1) is 0 Å². The second-order valence-electron chi connectivity index (χ2n) is 7.64. The van der Waals surface area contributed by atoms with Crippen LogP contribution in [0.1, 0.15) is 21.6 Å². The first-order valence-electron chi connectivity index (χ1n) is 10.3. The second-order valence-corrected chi connectivity index (χ2v) is 10.6. The summed E-state index contributed by atoms with van der Waals surface area (Å²) >= 11 is 0. The molecular weight excluding hydrogens is 571 g/mol. The molecular formula is C21H26F3N5O8S2. The van der Waals surface area contributed by atoms with Crippen LogP contribution in [0.5, 0.6) is 5.75 Å². The number of amides is 1. The molecule has 1 heterocycles. The normalized spacial score (nSPS) is 12.1. The number of hydrogen-bond acceptors (Lipinski definition) is 8. The lowest BCUT2D eigenvalue weighted by Crippen LogP contribution is -2.36. The number of halogens is 3. The van der Waals surface area contributed by atoms with Crippen molar-refractivity contribution in [2.24, 2.45) is 10.7 Å². The average molecular weight is 598 g/mol. The molecule has 0 aliphatic carbocycles. The second kappa shape index (κ2) is 13.3. The molecule has 13 nitrogen and oxygen atoms in total. The fourth-order valence-corrected chi connectivity index (χ4v) is 2.70. The van der Waals surface area contributed by atoms with E-state index in [1.807, 2.05) is 0 Å². The van der Waals surface area contributed by atoms with E-state index in [4.69, 9.17) is 25.3 Å². The van der Waals surface area contributed by atoms with Crippen LogP contribution in [0.15, 0.2) is 47.5 Å². The highest BCUT2D eigenvalue weighted by molar-refractivity contribution is 7.85. The van der Waals surface area contributed by atoms with Crippen LogP contribution in [0.25, 0.3) is 10.9 Å². The summed E-state index contributed by atoms with van der Waals surface area (Å²) in [4.78, 5) is 18.5. The smallest absolute Gasteiger partial charge is 0.417 e. The van der Waals surface area contributed by atoms with Gasteiger partial charge in [-0.2, -0.15) is 30.0 Å². The van der Waals surface area contributed by atoms with Gasteiger partial charge in [0.15, 0.2) is 5.96 Å². The van der Waals surface area contributed by atoms with Gasteiger partial charge in [-0.25, -0.2) is 0 Å². The molecule has 0 aliphatic rings. The number of carbonyl (C=O) groups excluding carboxylic acids is 1. The predicted octanol–water partition coefficient (Wildman–Crippen LogP) is 2.03. The Bertz CT molecular complexity index is 1490. The summed E-state index contributed by atoms with van der Waals surface area (Å²) in [5.74, 6) is -0.715. The number of nitrogens with two attached hydrogens (primary N) is 2. The van der Waals surface area contributed by atoms with Crippen molar-refractivity contribution in [3.05, 3.63) is 59.3 Å². The van der Waals surface area contributed by atoms with E-state index in [0.717, 1.165) is 17.7 Å². The van der Waals surface area contributed by atoms with Gasteiger partial charge in [0, 0.05) is 18.1 Å². The Kier molecular flexibility index (Phi) is 11.3. The summed E-state index contributed by atoms with van der Waals surface area (Å²) in [7, 11) is -5.97. The van der Waals surface area contributed by atoms with Gasteiger partial charge in [-0.05, 0) is 35.9 Å². The van der Waals surface area contributed by atoms with Crippen molar-refractivity contribution in [3.8, 4) is 5.75 Å². The monoisotopic (exact) mass is 597 g/mol. The lowest BCUT2D eigenvalue weighted by molar-refractivity contribution is -0.136. The Morgan fingerprint density at radius 2 is 1.56 bits per heavy atom. The number of benzene rings is 2. The first-order chi connectivity index (χ1) is 17.7. The van der Waals surface area contributed by atoms with Gasteiger partial charge in [0.1, 0.15) is 18.1 Å². The largest absolute Gasteiger partial charge is 0.487 e. The SMILES string of the molecule is CN=C(N)NC(=O)c1cc2c(C(F)(F)F)ccc(OCc3ccc(N)cc3)c2[nH]1.CS(=O)(=O)O.CS(=O)(=O)O. The Hall–Kier alpha value is -3.87. The van der Waals surface area contributed by atoms with E-state index in [2.05, 4.69) is 15.3 Å². The molecule has 0 saturated heterocycles. The number of fused-ring (bicyclic) bond motifs is 1. The number of nitrogens with zero attached hydrogens (tertiary/aromatic N) is 1. The number of aromatic amines is 1. The third kappa shape index (κ3) is 13.0. The van der Waals surface area contributed by atoms with Crippen molar-refractivity contribution in [2.75, 3.05) is 25.3 Å². The molecule has 8 N–H and O–H groups in total. The van der Waals surface area contributed by atoms with Crippen LogP contribution in [0.3, 0.4) is 0 Å². The molecule has 0 unspecified atom stereocenters. The van der Waals surface area contributed by atoms with Crippen LogP contribution >= 0.6 is 0 Å². The number of nitrogens with one attached hydrogen (secondary N) is 2. The molecule has 18 heteroatoms. The third-order valence-corrected chi connectivity index (χ3v) is 4.16. The number of carbonyl (C=O) groups is 1. The average Bonchev–Trinajstić information content (AvgIpc) is 3.21. The molecule has 0 radical (unpaired) electrons. The summed E-state index contributed by atoms with van der Waals surface area (Å²) in [6.07, 6.45) is -3.17. The van der Waals surface area contributed by atoms with Gasteiger partial charge in [-0.3, -0.25) is 24.2 Å². The predicted molar refractivity (Wildman–Crippen MR) is 138 cm³/mol. The van der Waals surface area contributed by atoms with Crippen molar-refractivity contribution in [2.45, 2.75) is 12.8 Å². The highest BCUT2D eigenvalue weighted by atomic mass is 32.2. The summed E-state index contributed by atoms with van der Waals surface area (Å²) in [5.41, 5.74) is 11.5. The first-order valence-corrected chi connectivity index (χ1v) is 14.0. The molecule has 0 fully saturated rings. The Balaban J connectivity index is 0.000000650. The lowest BCUT2D eigenvalue weighted by atomic mass is 10.1. The van der Waals surface area contributed by atoms with Crippen LogP contribution in [0.4, 0.5) is 18.9 Å². The molecule has 1 aromatic heterocycles. The van der Waals surface area contributed by atoms with Gasteiger partial charge in [-0.15, -0.1) is 0 Å². The maximum absolute atomic E-state index is 13.4. The van der Waals surface area contributed by atoms with Crippen LogP contribution < -0.4 is 21.5 Å². The zero-order chi connectivity index (χ0) is 30.2. The summed E-state index contributed by atoms with van der Waals surface area (Å²) < 4.78 is 97.6. The van der Waals surface area contributed by atoms with E-state index < -0.39 is 37.9 Å². The van der Waals surface area contributed by atoms with Gasteiger partial charge < -0.3 is 21.2 Å². The summed E-state index contributed by atoms with van der Waals surface area (Å²) in [5, 5.41) is 2.08. The number of alkyl halides is 3. The molecule has 1 amide bonds.